The minimum atomic E-state index is -1.24. The normalized spacial score (nSPS) is 9.93. The van der Waals surface area contributed by atoms with Gasteiger partial charge in [-0.1, -0.05) is 6.08 Å². The molecule has 0 atom stereocenters. The van der Waals surface area contributed by atoms with Gasteiger partial charge in [-0.3, -0.25) is 0 Å². The highest BCUT2D eigenvalue weighted by Crippen LogP contribution is 2.21. The standard InChI is InChI=1S/C11H11FO2S/c1-2-3-6-15-8-4-5-10(12)9(7-8)11(13)14/h2,4-5,7H,1,3,6H2,(H,13,14). The van der Waals surface area contributed by atoms with Crippen LogP contribution in [0.4, 0.5) is 4.39 Å². The first kappa shape index (κ1) is 11.8. The fourth-order valence-electron chi connectivity index (χ4n) is 1.02. The molecule has 0 saturated carbocycles. The summed E-state index contributed by atoms with van der Waals surface area (Å²) < 4.78 is 13.0. The fourth-order valence-corrected chi connectivity index (χ4v) is 1.90. The summed E-state index contributed by atoms with van der Waals surface area (Å²) in [5.74, 6) is -1.12. The second-order valence-electron chi connectivity index (χ2n) is 2.87. The van der Waals surface area contributed by atoms with Crippen molar-refractivity contribution in [1.82, 2.24) is 0 Å². The molecular weight excluding hydrogens is 215 g/mol. The van der Waals surface area contributed by atoms with E-state index in [0.29, 0.717) is 0 Å². The second-order valence-corrected chi connectivity index (χ2v) is 4.04. The molecule has 0 aliphatic carbocycles. The van der Waals surface area contributed by atoms with Gasteiger partial charge < -0.3 is 5.11 Å². The van der Waals surface area contributed by atoms with Gasteiger partial charge in [0.1, 0.15) is 5.82 Å². The number of hydrogen-bond acceptors (Lipinski definition) is 2. The minimum absolute atomic E-state index is 0.279. The van der Waals surface area contributed by atoms with Crippen molar-refractivity contribution in [3.63, 3.8) is 0 Å². The molecule has 0 aromatic heterocycles. The van der Waals surface area contributed by atoms with Crippen molar-refractivity contribution < 1.29 is 14.3 Å². The summed E-state index contributed by atoms with van der Waals surface area (Å²) in [5, 5.41) is 8.70. The van der Waals surface area contributed by atoms with E-state index in [9.17, 15) is 9.18 Å². The van der Waals surface area contributed by atoms with Crippen LogP contribution in [-0.2, 0) is 0 Å². The summed E-state index contributed by atoms with van der Waals surface area (Å²) >= 11 is 1.48. The number of carboxylic acid groups (broad SMARTS) is 1. The van der Waals surface area contributed by atoms with Crippen molar-refractivity contribution in [2.24, 2.45) is 0 Å². The van der Waals surface area contributed by atoms with Crippen molar-refractivity contribution in [2.75, 3.05) is 5.75 Å². The lowest BCUT2D eigenvalue weighted by Crippen LogP contribution is -2.00. The average molecular weight is 226 g/mol. The highest BCUT2D eigenvalue weighted by Gasteiger charge is 2.10. The predicted octanol–water partition coefficient (Wildman–Crippen LogP) is 3.19. The molecule has 0 bridgehead atoms. The van der Waals surface area contributed by atoms with Crippen LogP contribution >= 0.6 is 11.8 Å². The van der Waals surface area contributed by atoms with Crippen molar-refractivity contribution in [3.05, 3.63) is 42.2 Å². The molecule has 0 unspecified atom stereocenters. The summed E-state index contributed by atoms with van der Waals surface area (Å²) in [6.45, 7) is 3.58. The van der Waals surface area contributed by atoms with Crippen LogP contribution in [0.1, 0.15) is 16.8 Å². The lowest BCUT2D eigenvalue weighted by Gasteiger charge is -2.02. The van der Waals surface area contributed by atoms with Crippen molar-refractivity contribution in [1.29, 1.82) is 0 Å². The van der Waals surface area contributed by atoms with E-state index >= 15 is 0 Å². The van der Waals surface area contributed by atoms with Gasteiger partial charge in [0.05, 0.1) is 5.56 Å². The molecule has 0 spiro atoms. The molecule has 1 aromatic rings. The molecular formula is C11H11FO2S. The van der Waals surface area contributed by atoms with Crippen LogP contribution in [0.3, 0.4) is 0 Å². The molecule has 15 heavy (non-hydrogen) atoms. The van der Waals surface area contributed by atoms with Gasteiger partial charge in [0.25, 0.3) is 0 Å². The molecule has 0 radical (unpaired) electrons. The Kier molecular flexibility index (Phi) is 4.37. The molecule has 0 heterocycles. The molecule has 80 valence electrons. The van der Waals surface area contributed by atoms with E-state index in [1.807, 2.05) is 0 Å². The fraction of sp³-hybridized carbons (Fsp3) is 0.182. The van der Waals surface area contributed by atoms with Gasteiger partial charge in [-0.15, -0.1) is 18.3 Å². The van der Waals surface area contributed by atoms with Gasteiger partial charge in [-0.05, 0) is 24.6 Å². The molecule has 1 aromatic carbocycles. The Morgan fingerprint density at radius 2 is 2.33 bits per heavy atom. The Labute approximate surface area is 91.8 Å². The van der Waals surface area contributed by atoms with E-state index in [1.165, 1.54) is 23.9 Å². The third kappa shape index (κ3) is 3.40. The number of carboxylic acids is 1. The lowest BCUT2D eigenvalue weighted by atomic mass is 10.2. The van der Waals surface area contributed by atoms with Crippen molar-refractivity contribution in [3.8, 4) is 0 Å². The van der Waals surface area contributed by atoms with Gasteiger partial charge >= 0.3 is 5.97 Å². The summed E-state index contributed by atoms with van der Waals surface area (Å²) in [5.41, 5.74) is -0.279. The van der Waals surface area contributed by atoms with E-state index in [1.54, 1.807) is 12.1 Å². The van der Waals surface area contributed by atoms with Gasteiger partial charge in [0.2, 0.25) is 0 Å². The smallest absolute Gasteiger partial charge is 0.338 e. The molecule has 0 aliphatic heterocycles. The first-order valence-electron chi connectivity index (χ1n) is 4.41. The Morgan fingerprint density at radius 1 is 1.60 bits per heavy atom. The van der Waals surface area contributed by atoms with Crippen LogP contribution in [0.2, 0.25) is 0 Å². The van der Waals surface area contributed by atoms with Crippen molar-refractivity contribution >= 4 is 17.7 Å². The van der Waals surface area contributed by atoms with Crippen LogP contribution in [0.25, 0.3) is 0 Å². The largest absolute Gasteiger partial charge is 0.478 e. The van der Waals surface area contributed by atoms with Gasteiger partial charge in [0, 0.05) is 10.6 Å². The topological polar surface area (TPSA) is 37.3 Å². The SMILES string of the molecule is C=CCCSc1ccc(F)c(C(=O)O)c1. The quantitative estimate of drug-likeness (QED) is 0.476. The number of allylic oxidation sites excluding steroid dienone is 1. The summed E-state index contributed by atoms with van der Waals surface area (Å²) in [6.07, 6.45) is 2.62. The average Bonchev–Trinajstić information content (AvgIpc) is 2.20. The summed E-state index contributed by atoms with van der Waals surface area (Å²) in [4.78, 5) is 11.4. The first-order valence-corrected chi connectivity index (χ1v) is 5.40. The summed E-state index contributed by atoms with van der Waals surface area (Å²) in [7, 11) is 0. The zero-order valence-corrected chi connectivity index (χ0v) is 8.89. The van der Waals surface area contributed by atoms with Gasteiger partial charge in [0.15, 0.2) is 0 Å². The molecule has 0 saturated heterocycles. The number of aromatic carboxylic acids is 1. The third-order valence-electron chi connectivity index (χ3n) is 1.76. The Hall–Kier alpha value is -1.29. The molecule has 2 nitrogen and oxygen atoms in total. The second kappa shape index (κ2) is 5.56. The molecule has 0 amide bonds. The zero-order chi connectivity index (χ0) is 11.3. The molecule has 0 fully saturated rings. The Bertz CT molecular complexity index is 377. The molecule has 1 rings (SSSR count). The maximum absolute atomic E-state index is 13.0. The van der Waals surface area contributed by atoms with E-state index in [0.717, 1.165) is 17.1 Å². The van der Waals surface area contributed by atoms with Crippen molar-refractivity contribution in [2.45, 2.75) is 11.3 Å². The number of hydrogen-bond donors (Lipinski definition) is 1. The monoisotopic (exact) mass is 226 g/mol. The number of benzene rings is 1. The maximum Gasteiger partial charge on any atom is 0.338 e. The minimum Gasteiger partial charge on any atom is -0.478 e. The molecule has 4 heteroatoms. The Morgan fingerprint density at radius 3 is 2.93 bits per heavy atom. The highest BCUT2D eigenvalue weighted by atomic mass is 32.2. The maximum atomic E-state index is 13.0. The van der Waals surface area contributed by atoms with Crippen LogP contribution < -0.4 is 0 Å². The van der Waals surface area contributed by atoms with E-state index in [4.69, 9.17) is 5.11 Å². The highest BCUT2D eigenvalue weighted by molar-refractivity contribution is 7.99. The Balaban J connectivity index is 2.78. The summed E-state index contributed by atoms with van der Waals surface area (Å²) in [6, 6.07) is 4.11. The van der Waals surface area contributed by atoms with E-state index in [2.05, 4.69) is 6.58 Å². The number of thioether (sulfide) groups is 1. The molecule has 0 aliphatic rings. The first-order chi connectivity index (χ1) is 7.15. The molecule has 1 N–H and O–H groups in total. The van der Waals surface area contributed by atoms with Crippen LogP contribution in [0.15, 0.2) is 35.7 Å². The van der Waals surface area contributed by atoms with Crippen LogP contribution in [0, 0.1) is 5.82 Å². The number of rotatable bonds is 5. The van der Waals surface area contributed by atoms with Gasteiger partial charge in [-0.25, -0.2) is 9.18 Å². The zero-order valence-electron chi connectivity index (χ0n) is 8.07. The van der Waals surface area contributed by atoms with Crippen LogP contribution in [0.5, 0.6) is 0 Å². The van der Waals surface area contributed by atoms with Gasteiger partial charge in [-0.2, -0.15) is 0 Å². The number of halogens is 1. The predicted molar refractivity (Wildman–Crippen MR) is 58.9 cm³/mol. The van der Waals surface area contributed by atoms with E-state index < -0.39 is 11.8 Å². The number of carbonyl (C=O) groups is 1. The van der Waals surface area contributed by atoms with Crippen LogP contribution in [-0.4, -0.2) is 16.8 Å². The van der Waals surface area contributed by atoms with E-state index in [-0.39, 0.29) is 5.56 Å². The lowest BCUT2D eigenvalue weighted by molar-refractivity contribution is 0.0691. The third-order valence-corrected chi connectivity index (χ3v) is 2.79.